The Labute approximate surface area is 84.9 Å². The first-order valence-corrected chi connectivity index (χ1v) is 5.08. The largest absolute Gasteiger partial charge is 0.298 e. The third-order valence-corrected chi connectivity index (χ3v) is 2.19. The monoisotopic (exact) mass is 194 g/mol. The Bertz CT molecular complexity index is 313. The zero-order chi connectivity index (χ0) is 10.7. The summed E-state index contributed by atoms with van der Waals surface area (Å²) in [6.45, 7) is 8.35. The van der Waals surface area contributed by atoms with E-state index in [0.717, 1.165) is 29.7 Å². The Morgan fingerprint density at radius 1 is 1.36 bits per heavy atom. The minimum absolute atomic E-state index is 0.298. The molecule has 0 unspecified atom stereocenters. The Morgan fingerprint density at radius 3 is 2.43 bits per heavy atom. The van der Waals surface area contributed by atoms with Crippen molar-refractivity contribution in [2.45, 2.75) is 40.0 Å². The molecular weight excluding hydrogens is 176 g/mol. The van der Waals surface area contributed by atoms with Crippen LogP contribution in [0.15, 0.2) is 0 Å². The maximum absolute atomic E-state index is 10.9. The lowest BCUT2D eigenvalue weighted by Gasteiger charge is -2.03. The highest BCUT2D eigenvalue weighted by atomic mass is 16.1. The first-order valence-electron chi connectivity index (χ1n) is 5.08. The maximum Gasteiger partial charge on any atom is 0.153 e. The number of H-pyrrole nitrogens is 1. The van der Waals surface area contributed by atoms with Gasteiger partial charge < -0.3 is 0 Å². The standard InChI is InChI=1S/C11H18N2O/c1-7(2)5-10-9(6-14)11(8(3)4)13-12-10/h6-8H,5H2,1-4H3,(H,12,13). The van der Waals surface area contributed by atoms with Gasteiger partial charge in [0.15, 0.2) is 6.29 Å². The molecule has 1 N–H and O–H groups in total. The van der Waals surface area contributed by atoms with Gasteiger partial charge in [0.05, 0.1) is 11.3 Å². The topological polar surface area (TPSA) is 45.8 Å². The number of nitrogens with zero attached hydrogens (tertiary/aromatic N) is 1. The van der Waals surface area contributed by atoms with Gasteiger partial charge in [-0.1, -0.05) is 27.7 Å². The average molecular weight is 194 g/mol. The van der Waals surface area contributed by atoms with E-state index in [9.17, 15) is 4.79 Å². The summed E-state index contributed by atoms with van der Waals surface area (Å²) >= 11 is 0. The van der Waals surface area contributed by atoms with Crippen molar-refractivity contribution in [1.82, 2.24) is 10.2 Å². The van der Waals surface area contributed by atoms with Crippen molar-refractivity contribution in [2.75, 3.05) is 0 Å². The predicted octanol–water partition coefficient (Wildman–Crippen LogP) is 2.54. The Kier molecular flexibility index (Phi) is 3.44. The van der Waals surface area contributed by atoms with Crippen molar-refractivity contribution < 1.29 is 4.79 Å². The van der Waals surface area contributed by atoms with E-state index in [1.165, 1.54) is 0 Å². The zero-order valence-corrected chi connectivity index (χ0v) is 9.29. The Morgan fingerprint density at radius 2 is 2.00 bits per heavy atom. The van der Waals surface area contributed by atoms with E-state index in [4.69, 9.17) is 0 Å². The van der Waals surface area contributed by atoms with Gasteiger partial charge in [0.1, 0.15) is 0 Å². The van der Waals surface area contributed by atoms with Crippen LogP contribution in [0.3, 0.4) is 0 Å². The molecule has 0 aliphatic carbocycles. The number of carbonyl (C=O) groups excluding carboxylic acids is 1. The highest BCUT2D eigenvalue weighted by Crippen LogP contribution is 2.19. The summed E-state index contributed by atoms with van der Waals surface area (Å²) in [6, 6.07) is 0. The molecule has 0 spiro atoms. The molecule has 0 saturated heterocycles. The van der Waals surface area contributed by atoms with Crippen LogP contribution in [0.1, 0.15) is 55.4 Å². The van der Waals surface area contributed by atoms with E-state index in [1.54, 1.807) is 0 Å². The maximum atomic E-state index is 10.9. The Hall–Kier alpha value is -1.12. The number of hydrogen-bond donors (Lipinski definition) is 1. The van der Waals surface area contributed by atoms with Gasteiger partial charge in [0, 0.05) is 5.69 Å². The summed E-state index contributed by atoms with van der Waals surface area (Å²) in [5.41, 5.74) is 2.61. The van der Waals surface area contributed by atoms with Gasteiger partial charge in [-0.25, -0.2) is 0 Å². The van der Waals surface area contributed by atoms with Crippen molar-refractivity contribution in [2.24, 2.45) is 5.92 Å². The number of aromatic amines is 1. The van der Waals surface area contributed by atoms with Crippen LogP contribution < -0.4 is 0 Å². The quantitative estimate of drug-likeness (QED) is 0.749. The van der Waals surface area contributed by atoms with Crippen molar-refractivity contribution in [1.29, 1.82) is 0 Å². The molecule has 1 heterocycles. The van der Waals surface area contributed by atoms with Crippen molar-refractivity contribution in [3.63, 3.8) is 0 Å². The second-order valence-corrected chi connectivity index (χ2v) is 4.37. The summed E-state index contributed by atoms with van der Waals surface area (Å²) in [6.07, 6.45) is 1.80. The molecule has 14 heavy (non-hydrogen) atoms. The number of carbonyl (C=O) groups is 1. The fourth-order valence-electron chi connectivity index (χ4n) is 1.54. The molecule has 1 rings (SSSR count). The van der Waals surface area contributed by atoms with E-state index >= 15 is 0 Å². The summed E-state index contributed by atoms with van der Waals surface area (Å²) in [4.78, 5) is 10.9. The van der Waals surface area contributed by atoms with E-state index in [2.05, 4.69) is 24.0 Å². The van der Waals surface area contributed by atoms with E-state index in [1.807, 2.05) is 13.8 Å². The predicted molar refractivity (Wildman–Crippen MR) is 56.6 cm³/mol. The SMILES string of the molecule is CC(C)Cc1[nH]nc(C(C)C)c1C=O. The fraction of sp³-hybridized carbons (Fsp3) is 0.636. The molecule has 0 amide bonds. The van der Waals surface area contributed by atoms with Gasteiger partial charge >= 0.3 is 0 Å². The highest BCUT2D eigenvalue weighted by Gasteiger charge is 2.15. The minimum atomic E-state index is 0.298. The number of aldehydes is 1. The molecule has 0 aromatic carbocycles. The van der Waals surface area contributed by atoms with Gasteiger partial charge in [0.25, 0.3) is 0 Å². The fourth-order valence-corrected chi connectivity index (χ4v) is 1.54. The smallest absolute Gasteiger partial charge is 0.153 e. The van der Waals surface area contributed by atoms with Gasteiger partial charge in [-0.05, 0) is 18.3 Å². The molecule has 0 atom stereocenters. The molecule has 1 aromatic heterocycles. The zero-order valence-electron chi connectivity index (χ0n) is 9.29. The first kappa shape index (κ1) is 11.0. The Balaban J connectivity index is 3.01. The van der Waals surface area contributed by atoms with Crippen molar-refractivity contribution in [3.8, 4) is 0 Å². The molecule has 1 aromatic rings. The molecule has 78 valence electrons. The average Bonchev–Trinajstić information content (AvgIpc) is 2.46. The van der Waals surface area contributed by atoms with Crippen molar-refractivity contribution in [3.05, 3.63) is 17.0 Å². The van der Waals surface area contributed by atoms with Crippen LogP contribution in [0, 0.1) is 5.92 Å². The molecule has 3 nitrogen and oxygen atoms in total. The van der Waals surface area contributed by atoms with Crippen LogP contribution in [-0.2, 0) is 6.42 Å². The first-order chi connectivity index (χ1) is 6.56. The molecule has 0 radical (unpaired) electrons. The van der Waals surface area contributed by atoms with Crippen LogP contribution in [0.4, 0.5) is 0 Å². The van der Waals surface area contributed by atoms with Gasteiger partial charge in [0.2, 0.25) is 0 Å². The lowest BCUT2D eigenvalue weighted by Crippen LogP contribution is -1.99. The summed E-state index contributed by atoms with van der Waals surface area (Å²) < 4.78 is 0. The number of rotatable bonds is 4. The van der Waals surface area contributed by atoms with Crippen LogP contribution >= 0.6 is 0 Å². The number of nitrogens with one attached hydrogen (secondary N) is 1. The number of hydrogen-bond acceptors (Lipinski definition) is 2. The lowest BCUT2D eigenvalue weighted by atomic mass is 10.0. The van der Waals surface area contributed by atoms with Crippen molar-refractivity contribution >= 4 is 6.29 Å². The van der Waals surface area contributed by atoms with Crippen LogP contribution in [0.2, 0.25) is 0 Å². The van der Waals surface area contributed by atoms with Gasteiger partial charge in [-0.15, -0.1) is 0 Å². The second kappa shape index (κ2) is 4.40. The number of aromatic nitrogens is 2. The minimum Gasteiger partial charge on any atom is -0.298 e. The second-order valence-electron chi connectivity index (χ2n) is 4.37. The molecule has 3 heteroatoms. The van der Waals surface area contributed by atoms with Gasteiger partial charge in [-0.3, -0.25) is 9.89 Å². The summed E-state index contributed by atoms with van der Waals surface area (Å²) in [5, 5.41) is 7.14. The molecule has 0 bridgehead atoms. The lowest BCUT2D eigenvalue weighted by molar-refractivity contribution is 0.112. The molecule has 0 fully saturated rings. The highest BCUT2D eigenvalue weighted by molar-refractivity contribution is 5.78. The molecule has 0 aliphatic rings. The molecule has 0 saturated carbocycles. The third kappa shape index (κ3) is 2.22. The molecular formula is C11H18N2O. The van der Waals surface area contributed by atoms with E-state index < -0.39 is 0 Å². The van der Waals surface area contributed by atoms with E-state index in [0.29, 0.717) is 11.8 Å². The molecule has 0 aliphatic heterocycles. The van der Waals surface area contributed by atoms with Gasteiger partial charge in [-0.2, -0.15) is 5.10 Å². The summed E-state index contributed by atoms with van der Waals surface area (Å²) in [7, 11) is 0. The third-order valence-electron chi connectivity index (χ3n) is 2.19. The van der Waals surface area contributed by atoms with E-state index in [-0.39, 0.29) is 0 Å². The normalized spacial score (nSPS) is 11.3. The van der Waals surface area contributed by atoms with Crippen LogP contribution in [0.25, 0.3) is 0 Å². The van der Waals surface area contributed by atoms with Crippen LogP contribution in [-0.4, -0.2) is 16.5 Å². The van der Waals surface area contributed by atoms with Crippen LogP contribution in [0.5, 0.6) is 0 Å². The summed E-state index contributed by atoms with van der Waals surface area (Å²) in [5.74, 6) is 0.835.